The SMILES string of the molecule is O=C(NCc1ccon1)c1ccc2ccccc2c1O. The summed E-state index contributed by atoms with van der Waals surface area (Å²) in [6.07, 6.45) is 1.44. The van der Waals surface area contributed by atoms with Gasteiger partial charge >= 0.3 is 0 Å². The van der Waals surface area contributed by atoms with E-state index >= 15 is 0 Å². The Balaban J connectivity index is 1.86. The number of rotatable bonds is 3. The quantitative estimate of drug-likeness (QED) is 0.765. The van der Waals surface area contributed by atoms with Gasteiger partial charge in [-0.15, -0.1) is 0 Å². The number of fused-ring (bicyclic) bond motifs is 1. The van der Waals surface area contributed by atoms with Gasteiger partial charge in [0.2, 0.25) is 0 Å². The molecule has 1 amide bonds. The van der Waals surface area contributed by atoms with Crippen LogP contribution < -0.4 is 5.32 Å². The van der Waals surface area contributed by atoms with Gasteiger partial charge in [-0.1, -0.05) is 35.5 Å². The van der Waals surface area contributed by atoms with Crippen LogP contribution in [0.3, 0.4) is 0 Å². The second kappa shape index (κ2) is 5.05. The van der Waals surface area contributed by atoms with Crippen LogP contribution in [0.25, 0.3) is 10.8 Å². The molecular weight excluding hydrogens is 256 g/mol. The molecule has 0 fully saturated rings. The van der Waals surface area contributed by atoms with Gasteiger partial charge in [0.1, 0.15) is 17.7 Å². The summed E-state index contributed by atoms with van der Waals surface area (Å²) in [6, 6.07) is 12.4. The fraction of sp³-hybridized carbons (Fsp3) is 0.0667. The van der Waals surface area contributed by atoms with Crippen molar-refractivity contribution in [2.45, 2.75) is 6.54 Å². The van der Waals surface area contributed by atoms with Crippen molar-refractivity contribution in [2.75, 3.05) is 0 Å². The molecule has 0 aliphatic carbocycles. The average molecular weight is 268 g/mol. The van der Waals surface area contributed by atoms with E-state index in [1.165, 1.54) is 6.26 Å². The van der Waals surface area contributed by atoms with Gasteiger partial charge in [-0.2, -0.15) is 0 Å². The largest absolute Gasteiger partial charge is 0.506 e. The number of benzene rings is 2. The maximum absolute atomic E-state index is 12.1. The number of aromatic hydroxyl groups is 1. The Hall–Kier alpha value is -2.82. The van der Waals surface area contributed by atoms with Crippen LogP contribution >= 0.6 is 0 Å². The molecule has 100 valence electrons. The molecular formula is C15H12N2O3. The lowest BCUT2D eigenvalue weighted by Gasteiger charge is -2.08. The van der Waals surface area contributed by atoms with Crippen molar-refractivity contribution in [1.82, 2.24) is 10.5 Å². The maximum atomic E-state index is 12.1. The predicted octanol–water partition coefficient (Wildman–Crippen LogP) is 2.46. The summed E-state index contributed by atoms with van der Waals surface area (Å²) >= 11 is 0. The van der Waals surface area contributed by atoms with Crippen LogP contribution in [0.1, 0.15) is 16.1 Å². The van der Waals surface area contributed by atoms with E-state index < -0.39 is 0 Å². The highest BCUT2D eigenvalue weighted by Gasteiger charge is 2.13. The topological polar surface area (TPSA) is 75.4 Å². The molecule has 0 saturated heterocycles. The van der Waals surface area contributed by atoms with E-state index in [1.54, 1.807) is 24.3 Å². The highest BCUT2D eigenvalue weighted by molar-refractivity contribution is 6.03. The number of phenolic OH excluding ortho intramolecular Hbond substituents is 1. The van der Waals surface area contributed by atoms with E-state index in [-0.39, 0.29) is 23.8 Å². The molecule has 3 rings (SSSR count). The van der Waals surface area contributed by atoms with Gasteiger partial charge in [-0.05, 0) is 11.5 Å². The fourth-order valence-electron chi connectivity index (χ4n) is 2.03. The normalized spacial score (nSPS) is 10.6. The Morgan fingerprint density at radius 2 is 2.05 bits per heavy atom. The minimum Gasteiger partial charge on any atom is -0.506 e. The highest BCUT2D eigenvalue weighted by Crippen LogP contribution is 2.28. The average Bonchev–Trinajstić information content (AvgIpc) is 2.99. The van der Waals surface area contributed by atoms with E-state index in [2.05, 4.69) is 15.0 Å². The lowest BCUT2D eigenvalue weighted by molar-refractivity contribution is 0.0947. The molecule has 0 radical (unpaired) electrons. The number of hydrogen-bond donors (Lipinski definition) is 2. The third-order valence-corrected chi connectivity index (χ3v) is 3.07. The molecule has 1 heterocycles. The molecule has 2 N–H and O–H groups in total. The standard InChI is InChI=1S/C15H12N2O3/c18-14-12-4-2-1-3-10(12)5-6-13(14)15(19)16-9-11-7-8-20-17-11/h1-8,18H,9H2,(H,16,19). The van der Waals surface area contributed by atoms with Gasteiger partial charge in [-0.25, -0.2) is 0 Å². The van der Waals surface area contributed by atoms with Crippen molar-refractivity contribution in [1.29, 1.82) is 0 Å². The van der Waals surface area contributed by atoms with Crippen LogP contribution in [0, 0.1) is 0 Å². The second-order valence-corrected chi connectivity index (χ2v) is 4.36. The first kappa shape index (κ1) is 12.2. The number of phenols is 1. The molecule has 0 bridgehead atoms. The molecule has 0 aliphatic rings. The number of nitrogens with one attached hydrogen (secondary N) is 1. The minimum absolute atomic E-state index is 0.0132. The van der Waals surface area contributed by atoms with E-state index in [0.717, 1.165) is 5.39 Å². The summed E-state index contributed by atoms with van der Waals surface area (Å²) in [7, 11) is 0. The van der Waals surface area contributed by atoms with Gasteiger partial charge < -0.3 is 14.9 Å². The minimum atomic E-state index is -0.351. The molecule has 0 saturated carbocycles. The monoisotopic (exact) mass is 268 g/mol. The molecule has 3 aromatic rings. The molecule has 2 aromatic carbocycles. The third kappa shape index (κ3) is 2.21. The number of carbonyl (C=O) groups excluding carboxylic acids is 1. The molecule has 0 aliphatic heterocycles. The molecule has 1 aromatic heterocycles. The first-order chi connectivity index (χ1) is 9.75. The second-order valence-electron chi connectivity index (χ2n) is 4.36. The van der Waals surface area contributed by atoms with E-state index in [1.807, 2.05) is 18.2 Å². The van der Waals surface area contributed by atoms with Crippen LogP contribution in [-0.2, 0) is 6.54 Å². The van der Waals surface area contributed by atoms with Crippen LogP contribution in [0.4, 0.5) is 0 Å². The van der Waals surface area contributed by atoms with E-state index in [4.69, 9.17) is 0 Å². The molecule has 0 spiro atoms. The maximum Gasteiger partial charge on any atom is 0.255 e. The Bertz CT molecular complexity index is 751. The van der Waals surface area contributed by atoms with Crippen molar-refractivity contribution in [3.63, 3.8) is 0 Å². The van der Waals surface area contributed by atoms with Crippen LogP contribution in [-0.4, -0.2) is 16.2 Å². The summed E-state index contributed by atoms with van der Waals surface area (Å²) in [4.78, 5) is 12.1. The molecule has 20 heavy (non-hydrogen) atoms. The Morgan fingerprint density at radius 3 is 2.85 bits per heavy atom. The fourth-order valence-corrected chi connectivity index (χ4v) is 2.03. The Morgan fingerprint density at radius 1 is 1.20 bits per heavy atom. The first-order valence-electron chi connectivity index (χ1n) is 6.14. The zero-order chi connectivity index (χ0) is 13.9. The van der Waals surface area contributed by atoms with E-state index in [9.17, 15) is 9.90 Å². The molecule has 0 unspecified atom stereocenters. The van der Waals surface area contributed by atoms with Crippen LogP contribution in [0.5, 0.6) is 5.75 Å². The highest BCUT2D eigenvalue weighted by atomic mass is 16.5. The van der Waals surface area contributed by atoms with Crippen molar-refractivity contribution >= 4 is 16.7 Å². The lowest BCUT2D eigenvalue weighted by atomic mass is 10.0. The van der Waals surface area contributed by atoms with Gasteiger partial charge in [-0.3, -0.25) is 4.79 Å². The van der Waals surface area contributed by atoms with Gasteiger partial charge in [0.15, 0.2) is 0 Å². The number of hydrogen-bond acceptors (Lipinski definition) is 4. The summed E-state index contributed by atoms with van der Waals surface area (Å²) in [5.74, 6) is -0.364. The number of nitrogens with zero attached hydrogens (tertiary/aromatic N) is 1. The summed E-state index contributed by atoms with van der Waals surface area (Å²) in [5.41, 5.74) is 0.867. The summed E-state index contributed by atoms with van der Waals surface area (Å²) in [5, 5.41) is 18.1. The Kier molecular flexibility index (Phi) is 3.09. The first-order valence-corrected chi connectivity index (χ1v) is 6.14. The van der Waals surface area contributed by atoms with Gasteiger partial charge in [0, 0.05) is 11.5 Å². The number of carbonyl (C=O) groups is 1. The summed E-state index contributed by atoms with van der Waals surface area (Å²) in [6.45, 7) is 0.252. The molecule has 0 atom stereocenters. The predicted molar refractivity (Wildman–Crippen MR) is 73.3 cm³/mol. The van der Waals surface area contributed by atoms with Crippen molar-refractivity contribution in [3.05, 3.63) is 60.0 Å². The van der Waals surface area contributed by atoms with Crippen LogP contribution in [0.2, 0.25) is 0 Å². The Labute approximate surface area is 114 Å². The van der Waals surface area contributed by atoms with Crippen molar-refractivity contribution < 1.29 is 14.4 Å². The lowest BCUT2D eigenvalue weighted by Crippen LogP contribution is -2.23. The smallest absolute Gasteiger partial charge is 0.255 e. The molecule has 5 nitrogen and oxygen atoms in total. The van der Waals surface area contributed by atoms with Gasteiger partial charge in [0.25, 0.3) is 5.91 Å². The van der Waals surface area contributed by atoms with E-state index in [0.29, 0.717) is 11.1 Å². The molecule has 5 heteroatoms. The number of amides is 1. The summed E-state index contributed by atoms with van der Waals surface area (Å²) < 4.78 is 4.68. The number of aromatic nitrogens is 1. The van der Waals surface area contributed by atoms with Gasteiger partial charge in [0.05, 0.1) is 12.1 Å². The third-order valence-electron chi connectivity index (χ3n) is 3.07. The van der Waals surface area contributed by atoms with Crippen molar-refractivity contribution in [2.24, 2.45) is 0 Å². The van der Waals surface area contributed by atoms with Crippen molar-refractivity contribution in [3.8, 4) is 5.75 Å². The van der Waals surface area contributed by atoms with Crippen LogP contribution in [0.15, 0.2) is 53.3 Å². The zero-order valence-electron chi connectivity index (χ0n) is 10.5. The zero-order valence-corrected chi connectivity index (χ0v) is 10.5.